The molecule has 1 saturated heterocycles. The molecule has 17 heavy (non-hydrogen) atoms. The van der Waals surface area contributed by atoms with Crippen LogP contribution in [0.15, 0.2) is 18.5 Å². The number of ether oxygens (including phenoxy) is 1. The molecule has 5 heteroatoms. The number of amides is 1. The Kier molecular flexibility index (Phi) is 4.34. The minimum absolute atomic E-state index is 0.165. The number of hydrogen-bond acceptors (Lipinski definition) is 3. The quantitative estimate of drug-likeness (QED) is 0.893. The van der Waals surface area contributed by atoms with Crippen molar-refractivity contribution in [2.24, 2.45) is 5.92 Å². The third-order valence-electron chi connectivity index (χ3n) is 2.87. The summed E-state index contributed by atoms with van der Waals surface area (Å²) in [5.74, 6) is 0.404. The summed E-state index contributed by atoms with van der Waals surface area (Å²) in [5.41, 5.74) is 0.428. The van der Waals surface area contributed by atoms with Gasteiger partial charge in [0.2, 0.25) is 0 Å². The summed E-state index contributed by atoms with van der Waals surface area (Å²) in [4.78, 5) is 15.7. The minimum atomic E-state index is -0.165. The van der Waals surface area contributed by atoms with Crippen LogP contribution in [0.2, 0.25) is 5.02 Å². The second-order valence-electron chi connectivity index (χ2n) is 4.13. The monoisotopic (exact) mass is 254 g/mol. The Morgan fingerprint density at radius 2 is 2.53 bits per heavy atom. The van der Waals surface area contributed by atoms with Gasteiger partial charge in [-0.1, -0.05) is 11.6 Å². The van der Waals surface area contributed by atoms with Gasteiger partial charge in [-0.3, -0.25) is 9.78 Å². The van der Waals surface area contributed by atoms with Crippen LogP contribution >= 0.6 is 11.6 Å². The van der Waals surface area contributed by atoms with E-state index in [0.717, 1.165) is 26.1 Å². The fourth-order valence-corrected chi connectivity index (χ4v) is 2.03. The molecule has 1 aromatic heterocycles. The summed E-state index contributed by atoms with van der Waals surface area (Å²) in [6.07, 6.45) is 5.08. The third kappa shape index (κ3) is 3.41. The number of nitrogens with one attached hydrogen (secondary N) is 1. The summed E-state index contributed by atoms with van der Waals surface area (Å²) in [5, 5.41) is 3.28. The van der Waals surface area contributed by atoms with Gasteiger partial charge >= 0.3 is 0 Å². The molecule has 0 aromatic carbocycles. The summed E-state index contributed by atoms with van der Waals surface area (Å²) >= 11 is 5.90. The first-order valence-electron chi connectivity index (χ1n) is 5.73. The highest BCUT2D eigenvalue weighted by Crippen LogP contribution is 2.16. The molecule has 1 aliphatic heterocycles. The normalized spacial score (nSPS) is 19.2. The molecule has 0 radical (unpaired) electrons. The number of pyridine rings is 1. The molecule has 0 spiro atoms. The van der Waals surface area contributed by atoms with Gasteiger partial charge in [-0.25, -0.2) is 0 Å². The second kappa shape index (κ2) is 5.98. The highest BCUT2D eigenvalue weighted by molar-refractivity contribution is 6.33. The van der Waals surface area contributed by atoms with Gasteiger partial charge in [0.25, 0.3) is 5.91 Å². The smallest absolute Gasteiger partial charge is 0.254 e. The van der Waals surface area contributed by atoms with E-state index in [4.69, 9.17) is 16.3 Å². The van der Waals surface area contributed by atoms with E-state index in [2.05, 4.69) is 10.3 Å². The van der Waals surface area contributed by atoms with E-state index >= 15 is 0 Å². The van der Waals surface area contributed by atoms with Crippen molar-refractivity contribution in [1.29, 1.82) is 0 Å². The van der Waals surface area contributed by atoms with Gasteiger partial charge in [0.05, 0.1) is 10.6 Å². The van der Waals surface area contributed by atoms with Crippen LogP contribution in [0.3, 0.4) is 0 Å². The third-order valence-corrected chi connectivity index (χ3v) is 3.20. The van der Waals surface area contributed by atoms with E-state index in [-0.39, 0.29) is 5.91 Å². The highest BCUT2D eigenvalue weighted by atomic mass is 35.5. The number of hydrogen-bond donors (Lipinski definition) is 1. The summed E-state index contributed by atoms with van der Waals surface area (Å²) in [6, 6.07) is 1.61. The molecule has 0 saturated carbocycles. The molecular formula is C12H15ClN2O2. The number of halogens is 1. The van der Waals surface area contributed by atoms with Gasteiger partial charge in [0.1, 0.15) is 0 Å². The minimum Gasteiger partial charge on any atom is -0.381 e. The lowest BCUT2D eigenvalue weighted by atomic mass is 10.1. The Hall–Kier alpha value is -1.13. The summed E-state index contributed by atoms with van der Waals surface area (Å²) in [6.45, 7) is 2.30. The zero-order valence-corrected chi connectivity index (χ0v) is 10.2. The van der Waals surface area contributed by atoms with Crippen LogP contribution in [0.5, 0.6) is 0 Å². The lowest BCUT2D eigenvalue weighted by molar-refractivity contribution is 0.0950. The van der Waals surface area contributed by atoms with E-state index < -0.39 is 0 Å². The molecule has 1 fully saturated rings. The number of carbonyl (C=O) groups is 1. The van der Waals surface area contributed by atoms with Crippen molar-refractivity contribution in [1.82, 2.24) is 10.3 Å². The van der Waals surface area contributed by atoms with Gasteiger partial charge in [0.15, 0.2) is 0 Å². The maximum atomic E-state index is 11.8. The van der Waals surface area contributed by atoms with E-state index in [1.165, 1.54) is 6.20 Å². The lowest BCUT2D eigenvalue weighted by Gasteiger charge is -2.09. The van der Waals surface area contributed by atoms with Gasteiger partial charge in [-0.05, 0) is 24.8 Å². The Bertz CT molecular complexity index is 392. The van der Waals surface area contributed by atoms with Crippen LogP contribution in [-0.4, -0.2) is 30.6 Å². The SMILES string of the molecule is O=C(NCCC1CCOC1)c1cnccc1Cl. The van der Waals surface area contributed by atoms with Crippen molar-refractivity contribution in [3.8, 4) is 0 Å². The Morgan fingerprint density at radius 3 is 3.24 bits per heavy atom. The standard InChI is InChI=1S/C12H15ClN2O2/c13-11-2-4-14-7-10(11)12(16)15-5-1-9-3-6-17-8-9/h2,4,7,9H,1,3,5-6,8H2,(H,15,16). The van der Waals surface area contributed by atoms with Gasteiger partial charge in [0, 0.05) is 32.2 Å². The maximum Gasteiger partial charge on any atom is 0.254 e. The molecule has 1 atom stereocenters. The van der Waals surface area contributed by atoms with Crippen molar-refractivity contribution < 1.29 is 9.53 Å². The molecule has 1 amide bonds. The van der Waals surface area contributed by atoms with Crippen LogP contribution in [0.25, 0.3) is 0 Å². The van der Waals surface area contributed by atoms with E-state index in [1.54, 1.807) is 12.3 Å². The first-order chi connectivity index (χ1) is 8.27. The van der Waals surface area contributed by atoms with Crippen LogP contribution < -0.4 is 5.32 Å². The Morgan fingerprint density at radius 1 is 1.65 bits per heavy atom. The van der Waals surface area contributed by atoms with Crippen molar-refractivity contribution in [3.63, 3.8) is 0 Å². The molecule has 1 aromatic rings. The number of nitrogens with zero attached hydrogens (tertiary/aromatic N) is 1. The molecule has 1 aliphatic rings. The van der Waals surface area contributed by atoms with Crippen LogP contribution in [0.1, 0.15) is 23.2 Å². The molecule has 1 unspecified atom stereocenters. The zero-order chi connectivity index (χ0) is 12.1. The van der Waals surface area contributed by atoms with Crippen molar-refractivity contribution in [2.45, 2.75) is 12.8 Å². The van der Waals surface area contributed by atoms with Gasteiger partial charge in [-0.15, -0.1) is 0 Å². The van der Waals surface area contributed by atoms with Crippen molar-refractivity contribution in [3.05, 3.63) is 29.0 Å². The van der Waals surface area contributed by atoms with Crippen molar-refractivity contribution in [2.75, 3.05) is 19.8 Å². The lowest BCUT2D eigenvalue weighted by Crippen LogP contribution is -2.26. The Labute approximate surface area is 105 Å². The average Bonchev–Trinajstić information content (AvgIpc) is 2.82. The molecule has 2 rings (SSSR count). The fraction of sp³-hybridized carbons (Fsp3) is 0.500. The molecule has 1 N–H and O–H groups in total. The molecule has 4 nitrogen and oxygen atoms in total. The molecular weight excluding hydrogens is 240 g/mol. The predicted molar refractivity (Wildman–Crippen MR) is 65.1 cm³/mol. The Balaban J connectivity index is 1.79. The number of carbonyl (C=O) groups excluding carboxylic acids is 1. The fourth-order valence-electron chi connectivity index (χ4n) is 1.84. The topological polar surface area (TPSA) is 51.2 Å². The van der Waals surface area contributed by atoms with E-state index in [1.807, 2.05) is 0 Å². The number of rotatable bonds is 4. The van der Waals surface area contributed by atoms with Crippen molar-refractivity contribution >= 4 is 17.5 Å². The first-order valence-corrected chi connectivity index (χ1v) is 6.10. The van der Waals surface area contributed by atoms with Gasteiger partial charge < -0.3 is 10.1 Å². The summed E-state index contributed by atoms with van der Waals surface area (Å²) < 4.78 is 5.27. The van der Waals surface area contributed by atoms with Crippen LogP contribution in [-0.2, 0) is 4.74 Å². The second-order valence-corrected chi connectivity index (χ2v) is 4.54. The summed E-state index contributed by atoms with van der Waals surface area (Å²) in [7, 11) is 0. The van der Waals surface area contributed by atoms with Crippen LogP contribution in [0.4, 0.5) is 0 Å². The average molecular weight is 255 g/mol. The van der Waals surface area contributed by atoms with Crippen LogP contribution in [0, 0.1) is 5.92 Å². The largest absolute Gasteiger partial charge is 0.381 e. The predicted octanol–water partition coefficient (Wildman–Crippen LogP) is 1.89. The zero-order valence-electron chi connectivity index (χ0n) is 9.49. The molecule has 0 aliphatic carbocycles. The molecule has 92 valence electrons. The van der Waals surface area contributed by atoms with Gasteiger partial charge in [-0.2, -0.15) is 0 Å². The number of aromatic nitrogens is 1. The van der Waals surface area contributed by atoms with E-state index in [9.17, 15) is 4.79 Å². The highest BCUT2D eigenvalue weighted by Gasteiger charge is 2.16. The first kappa shape index (κ1) is 12.3. The maximum absolute atomic E-state index is 11.8. The molecule has 2 heterocycles. The van der Waals surface area contributed by atoms with E-state index in [0.29, 0.717) is 23.0 Å². The molecule has 0 bridgehead atoms.